The molecule has 2 N–H and O–H groups in total. The standard InChI is InChI=1S/C12H18N2O6S/c1-12(2,8-15)7-13-21(18,19)11-5-4-9(20-3)6-10(11)14(16)17/h4-6,13,15H,7-8H2,1-3H3. The summed E-state index contributed by atoms with van der Waals surface area (Å²) in [4.78, 5) is 9.79. The number of sulfonamides is 1. The van der Waals surface area contributed by atoms with E-state index in [2.05, 4.69) is 4.72 Å². The SMILES string of the molecule is COc1ccc(S(=O)(=O)NCC(C)(C)CO)c([N+](=O)[O-])c1. The molecule has 0 spiro atoms. The van der Waals surface area contributed by atoms with Crippen LogP contribution in [-0.4, -0.2) is 38.7 Å². The Balaban J connectivity index is 3.16. The number of nitrogens with one attached hydrogen (secondary N) is 1. The molecule has 0 unspecified atom stereocenters. The summed E-state index contributed by atoms with van der Waals surface area (Å²) in [5.74, 6) is 0.191. The van der Waals surface area contributed by atoms with Crippen molar-refractivity contribution in [1.82, 2.24) is 4.72 Å². The molecule has 0 heterocycles. The number of ether oxygens (including phenoxy) is 1. The molecule has 0 amide bonds. The molecule has 0 atom stereocenters. The number of nitro groups is 1. The van der Waals surface area contributed by atoms with Crippen molar-refractivity contribution in [2.24, 2.45) is 5.41 Å². The van der Waals surface area contributed by atoms with Crippen molar-refractivity contribution in [3.8, 4) is 5.75 Å². The molecule has 118 valence electrons. The van der Waals surface area contributed by atoms with Crippen molar-refractivity contribution >= 4 is 15.7 Å². The highest BCUT2D eigenvalue weighted by Crippen LogP contribution is 2.28. The number of hydrogen-bond acceptors (Lipinski definition) is 6. The smallest absolute Gasteiger partial charge is 0.293 e. The van der Waals surface area contributed by atoms with Gasteiger partial charge in [-0.25, -0.2) is 13.1 Å². The van der Waals surface area contributed by atoms with Crippen LogP contribution in [0.3, 0.4) is 0 Å². The molecule has 0 aliphatic carbocycles. The Kier molecular flexibility index (Phi) is 5.26. The fraction of sp³-hybridized carbons (Fsp3) is 0.500. The minimum Gasteiger partial charge on any atom is -0.497 e. The molecule has 0 aliphatic rings. The summed E-state index contributed by atoms with van der Waals surface area (Å²) in [5, 5.41) is 20.1. The lowest BCUT2D eigenvalue weighted by Crippen LogP contribution is -2.36. The maximum Gasteiger partial charge on any atom is 0.293 e. The zero-order valence-corrected chi connectivity index (χ0v) is 12.8. The van der Waals surface area contributed by atoms with Gasteiger partial charge in [-0.1, -0.05) is 13.8 Å². The molecular formula is C12H18N2O6S. The maximum atomic E-state index is 12.2. The van der Waals surface area contributed by atoms with Crippen molar-refractivity contribution in [3.63, 3.8) is 0 Å². The van der Waals surface area contributed by atoms with E-state index in [1.165, 1.54) is 13.2 Å². The first-order valence-electron chi connectivity index (χ1n) is 6.06. The number of aliphatic hydroxyl groups is 1. The summed E-state index contributed by atoms with van der Waals surface area (Å²) in [5.41, 5.74) is -1.24. The molecule has 21 heavy (non-hydrogen) atoms. The highest BCUT2D eigenvalue weighted by molar-refractivity contribution is 7.89. The van der Waals surface area contributed by atoms with Gasteiger partial charge < -0.3 is 9.84 Å². The van der Waals surface area contributed by atoms with E-state index in [1.807, 2.05) is 0 Å². The average Bonchev–Trinajstić information content (AvgIpc) is 2.44. The Hall–Kier alpha value is -1.71. The first kappa shape index (κ1) is 17.3. The summed E-state index contributed by atoms with van der Waals surface area (Å²) >= 11 is 0. The monoisotopic (exact) mass is 318 g/mol. The van der Waals surface area contributed by atoms with Gasteiger partial charge in [-0.3, -0.25) is 10.1 Å². The molecule has 0 aliphatic heterocycles. The van der Waals surface area contributed by atoms with Gasteiger partial charge in [-0.05, 0) is 12.1 Å². The van der Waals surface area contributed by atoms with E-state index >= 15 is 0 Å². The van der Waals surface area contributed by atoms with Gasteiger partial charge in [-0.15, -0.1) is 0 Å². The van der Waals surface area contributed by atoms with Gasteiger partial charge in [-0.2, -0.15) is 0 Å². The fourth-order valence-corrected chi connectivity index (χ4v) is 2.81. The van der Waals surface area contributed by atoms with Gasteiger partial charge in [0.25, 0.3) is 5.69 Å². The quantitative estimate of drug-likeness (QED) is 0.569. The van der Waals surface area contributed by atoms with Crippen LogP contribution in [0.15, 0.2) is 23.1 Å². The molecule has 1 aromatic rings. The third kappa shape index (κ3) is 4.38. The van der Waals surface area contributed by atoms with E-state index in [1.54, 1.807) is 13.8 Å². The van der Waals surface area contributed by atoms with Crippen LogP contribution in [0, 0.1) is 15.5 Å². The molecule has 9 heteroatoms. The van der Waals surface area contributed by atoms with Crippen LogP contribution >= 0.6 is 0 Å². The van der Waals surface area contributed by atoms with E-state index in [4.69, 9.17) is 9.84 Å². The number of benzene rings is 1. The van der Waals surface area contributed by atoms with Crippen LogP contribution < -0.4 is 9.46 Å². The average molecular weight is 318 g/mol. The molecule has 0 aromatic heterocycles. The number of nitrogens with zero attached hydrogens (tertiary/aromatic N) is 1. The van der Waals surface area contributed by atoms with Crippen molar-refractivity contribution in [2.75, 3.05) is 20.3 Å². The normalized spacial score (nSPS) is 12.2. The molecule has 0 saturated heterocycles. The predicted molar refractivity (Wildman–Crippen MR) is 75.7 cm³/mol. The minimum atomic E-state index is -4.06. The third-order valence-electron chi connectivity index (χ3n) is 2.82. The molecule has 1 aromatic carbocycles. The van der Waals surface area contributed by atoms with Gasteiger partial charge in [0.1, 0.15) is 5.75 Å². The first-order chi connectivity index (χ1) is 9.63. The predicted octanol–water partition coefficient (Wildman–Crippen LogP) is 0.900. The van der Waals surface area contributed by atoms with Crippen LogP contribution in [0.4, 0.5) is 5.69 Å². The lowest BCUT2D eigenvalue weighted by molar-refractivity contribution is -0.387. The summed E-state index contributed by atoms with van der Waals surface area (Å²) in [7, 11) is -2.73. The topological polar surface area (TPSA) is 119 Å². The summed E-state index contributed by atoms with van der Waals surface area (Å²) < 4.78 is 31.5. The largest absolute Gasteiger partial charge is 0.497 e. The second-order valence-corrected chi connectivity index (χ2v) is 6.97. The Morgan fingerprint density at radius 2 is 2.05 bits per heavy atom. The zero-order valence-electron chi connectivity index (χ0n) is 12.0. The maximum absolute atomic E-state index is 12.2. The van der Waals surface area contributed by atoms with Crippen molar-refractivity contribution in [3.05, 3.63) is 28.3 Å². The Morgan fingerprint density at radius 1 is 1.43 bits per heavy atom. The fourth-order valence-electron chi connectivity index (χ4n) is 1.42. The van der Waals surface area contributed by atoms with Crippen molar-refractivity contribution < 1.29 is 23.2 Å². The minimum absolute atomic E-state index is 0.0466. The highest BCUT2D eigenvalue weighted by Gasteiger charge is 2.28. The number of methoxy groups -OCH3 is 1. The van der Waals surface area contributed by atoms with Crippen LogP contribution in [-0.2, 0) is 10.0 Å². The molecule has 0 fully saturated rings. The number of rotatable bonds is 7. The lowest BCUT2D eigenvalue weighted by Gasteiger charge is -2.21. The summed E-state index contributed by atoms with van der Waals surface area (Å²) in [6, 6.07) is 3.50. The van der Waals surface area contributed by atoms with Gasteiger partial charge >= 0.3 is 0 Å². The van der Waals surface area contributed by atoms with E-state index in [0.29, 0.717) is 0 Å². The van der Waals surface area contributed by atoms with E-state index in [0.717, 1.165) is 12.1 Å². The first-order valence-corrected chi connectivity index (χ1v) is 7.54. The van der Waals surface area contributed by atoms with Crippen LogP contribution in [0.1, 0.15) is 13.8 Å². The number of aliphatic hydroxyl groups excluding tert-OH is 1. The molecule has 1 rings (SSSR count). The summed E-state index contributed by atoms with van der Waals surface area (Å²) in [6.45, 7) is 3.06. The van der Waals surface area contributed by atoms with Gasteiger partial charge in [0.05, 0.1) is 18.1 Å². The van der Waals surface area contributed by atoms with E-state index in [9.17, 15) is 18.5 Å². The molecule has 0 radical (unpaired) electrons. The second kappa shape index (κ2) is 6.37. The van der Waals surface area contributed by atoms with Crippen molar-refractivity contribution in [2.45, 2.75) is 18.7 Å². The third-order valence-corrected chi connectivity index (χ3v) is 4.27. The van der Waals surface area contributed by atoms with Crippen molar-refractivity contribution in [1.29, 1.82) is 0 Å². The highest BCUT2D eigenvalue weighted by atomic mass is 32.2. The van der Waals surface area contributed by atoms with Gasteiger partial charge in [0, 0.05) is 18.6 Å². The number of nitro benzene ring substituents is 1. The van der Waals surface area contributed by atoms with Crippen LogP contribution in [0.5, 0.6) is 5.75 Å². The van der Waals surface area contributed by atoms with E-state index in [-0.39, 0.29) is 18.9 Å². The molecule has 8 nitrogen and oxygen atoms in total. The van der Waals surface area contributed by atoms with Gasteiger partial charge in [0.2, 0.25) is 10.0 Å². The Labute approximate surface area is 122 Å². The second-order valence-electron chi connectivity index (χ2n) is 5.24. The summed E-state index contributed by atoms with van der Waals surface area (Å²) in [6.07, 6.45) is 0. The Bertz CT molecular complexity index is 627. The number of hydrogen-bond donors (Lipinski definition) is 2. The van der Waals surface area contributed by atoms with E-state index < -0.39 is 30.9 Å². The molecular weight excluding hydrogens is 300 g/mol. The Morgan fingerprint density at radius 3 is 2.52 bits per heavy atom. The molecule has 0 saturated carbocycles. The van der Waals surface area contributed by atoms with Crippen LogP contribution in [0.25, 0.3) is 0 Å². The lowest BCUT2D eigenvalue weighted by atomic mass is 9.96. The zero-order chi connectivity index (χ0) is 16.3. The molecule has 0 bridgehead atoms. The van der Waals surface area contributed by atoms with Crippen LogP contribution in [0.2, 0.25) is 0 Å². The van der Waals surface area contributed by atoms with Gasteiger partial charge in [0.15, 0.2) is 4.90 Å².